The van der Waals surface area contributed by atoms with Gasteiger partial charge in [0.05, 0.1) is 5.69 Å². The number of amides is 2. The number of rotatable bonds is 8. The van der Waals surface area contributed by atoms with Gasteiger partial charge in [0.1, 0.15) is 11.9 Å². The predicted molar refractivity (Wildman–Crippen MR) is 131 cm³/mol. The zero-order valence-electron chi connectivity index (χ0n) is 17.9. The van der Waals surface area contributed by atoms with Gasteiger partial charge in [-0.05, 0) is 42.7 Å². The highest BCUT2D eigenvalue weighted by Crippen LogP contribution is 2.35. The molecule has 2 aromatic rings. The van der Waals surface area contributed by atoms with Crippen LogP contribution in [0.1, 0.15) is 43.7 Å². The lowest BCUT2D eigenvalue weighted by atomic mass is 10.1. The fraction of sp³-hybridized carbons (Fsp3) is 0.333. The van der Waals surface area contributed by atoms with Crippen LogP contribution in [-0.4, -0.2) is 40.3 Å². The van der Waals surface area contributed by atoms with E-state index in [4.69, 9.17) is 21.6 Å². The Hall–Kier alpha value is -2.64. The van der Waals surface area contributed by atoms with Gasteiger partial charge in [-0.3, -0.25) is 14.6 Å². The maximum atomic E-state index is 13.3. The van der Waals surface area contributed by atoms with E-state index in [9.17, 15) is 9.59 Å². The van der Waals surface area contributed by atoms with Crippen LogP contribution >= 0.6 is 23.4 Å². The van der Waals surface area contributed by atoms with Crippen LogP contribution in [0, 0.1) is 0 Å². The van der Waals surface area contributed by atoms with E-state index in [0.717, 1.165) is 29.7 Å². The number of halogens is 1. The first-order valence-electron chi connectivity index (χ1n) is 10.8. The molecule has 0 spiro atoms. The topological polar surface area (TPSA) is 74.1 Å². The second kappa shape index (κ2) is 10.3. The molecule has 2 heterocycles. The molecule has 0 saturated carbocycles. The van der Waals surface area contributed by atoms with Gasteiger partial charge in [-0.15, -0.1) is 0 Å². The maximum absolute atomic E-state index is 13.3. The smallest absolute Gasteiger partial charge is 0.259 e. The molecule has 2 amide bonds. The van der Waals surface area contributed by atoms with E-state index < -0.39 is 6.04 Å². The molecule has 2 aliphatic heterocycles. The number of unbranched alkanes of at least 4 members (excludes halogenated alkanes) is 1. The Morgan fingerprint density at radius 2 is 1.97 bits per heavy atom. The first-order valence-corrected chi connectivity index (χ1v) is 12.2. The average molecular weight is 469 g/mol. The highest BCUT2D eigenvalue weighted by Gasteiger charge is 2.41. The van der Waals surface area contributed by atoms with Gasteiger partial charge in [0.2, 0.25) is 5.91 Å². The number of benzene rings is 2. The van der Waals surface area contributed by atoms with E-state index in [1.807, 2.05) is 48.5 Å². The van der Waals surface area contributed by atoms with Crippen molar-refractivity contribution in [2.75, 3.05) is 6.54 Å². The fourth-order valence-corrected chi connectivity index (χ4v) is 4.66. The molecule has 0 fully saturated rings. The number of para-hydroxylation sites is 1. The van der Waals surface area contributed by atoms with Gasteiger partial charge in [-0.25, -0.2) is 9.89 Å². The summed E-state index contributed by atoms with van der Waals surface area (Å²) in [7, 11) is 0. The third kappa shape index (κ3) is 5.05. The fourth-order valence-electron chi connectivity index (χ4n) is 3.58. The third-order valence-electron chi connectivity index (χ3n) is 5.33. The van der Waals surface area contributed by atoms with Crippen LogP contribution in [0.15, 0.2) is 58.5 Å². The lowest BCUT2D eigenvalue weighted by Crippen LogP contribution is -2.41. The summed E-state index contributed by atoms with van der Waals surface area (Å²) >= 11 is 7.48. The van der Waals surface area contributed by atoms with Crippen LogP contribution in [-0.2, 0) is 15.3 Å². The zero-order valence-corrected chi connectivity index (χ0v) is 19.5. The van der Waals surface area contributed by atoms with Crippen molar-refractivity contribution in [3.05, 3.63) is 64.7 Å². The number of carbonyl (C=O) groups excluding carboxylic acids is 2. The van der Waals surface area contributed by atoms with Crippen molar-refractivity contribution in [2.24, 2.45) is 9.98 Å². The number of aliphatic imine (C=N–C) groups is 2. The van der Waals surface area contributed by atoms with Crippen molar-refractivity contribution in [1.29, 1.82) is 0 Å². The lowest BCUT2D eigenvalue weighted by Gasteiger charge is -2.25. The number of nitrogens with zero attached hydrogens (tertiary/aromatic N) is 3. The summed E-state index contributed by atoms with van der Waals surface area (Å²) < 4.78 is 0. The number of carbonyl (C=O) groups is 2. The lowest BCUT2D eigenvalue weighted by molar-refractivity contribution is -0.125. The van der Waals surface area contributed by atoms with E-state index >= 15 is 0 Å². The molecule has 2 aromatic carbocycles. The number of thioether (sulfide) groups is 1. The van der Waals surface area contributed by atoms with Gasteiger partial charge in [0, 0.05) is 29.3 Å². The van der Waals surface area contributed by atoms with E-state index in [1.165, 1.54) is 11.8 Å². The minimum atomic E-state index is -0.575. The molecule has 1 atom stereocenters. The van der Waals surface area contributed by atoms with E-state index in [2.05, 4.69) is 12.2 Å². The molecule has 4 rings (SSSR count). The van der Waals surface area contributed by atoms with Crippen LogP contribution in [0.3, 0.4) is 0 Å². The van der Waals surface area contributed by atoms with Crippen LogP contribution in [0.25, 0.3) is 0 Å². The SMILES string of the molecule is CCCCNC(=O)CC[C@H]1N=C2c3ccccc3N=C(SCc3ccc(Cl)cc3)N2C1=O. The van der Waals surface area contributed by atoms with Gasteiger partial charge in [-0.1, -0.05) is 61.0 Å². The molecule has 0 unspecified atom stereocenters. The summed E-state index contributed by atoms with van der Waals surface area (Å²) in [6, 6.07) is 14.8. The predicted octanol–water partition coefficient (Wildman–Crippen LogP) is 4.93. The Balaban J connectivity index is 1.50. The Labute approximate surface area is 197 Å². The molecule has 6 nitrogen and oxygen atoms in total. The highest BCUT2D eigenvalue weighted by molar-refractivity contribution is 8.13. The molecule has 2 aliphatic rings. The number of nitrogens with one attached hydrogen (secondary N) is 1. The van der Waals surface area contributed by atoms with Crippen molar-refractivity contribution in [1.82, 2.24) is 10.2 Å². The quantitative estimate of drug-likeness (QED) is 0.558. The molecular weight excluding hydrogens is 444 g/mol. The first-order chi connectivity index (χ1) is 15.6. The monoisotopic (exact) mass is 468 g/mol. The Morgan fingerprint density at radius 1 is 1.19 bits per heavy atom. The highest BCUT2D eigenvalue weighted by atomic mass is 35.5. The van der Waals surface area contributed by atoms with Crippen molar-refractivity contribution < 1.29 is 9.59 Å². The minimum absolute atomic E-state index is 0.0391. The molecule has 0 aromatic heterocycles. The molecule has 32 heavy (non-hydrogen) atoms. The van der Waals surface area contributed by atoms with Crippen molar-refractivity contribution >= 4 is 51.9 Å². The standard InChI is InChI=1S/C24H25ClN4O2S/c1-2-3-14-26-21(30)13-12-20-23(31)29-22(27-20)18-6-4-5-7-19(18)28-24(29)32-15-16-8-10-17(25)11-9-16/h4-11,20H,2-3,12-15H2,1H3,(H,26,30)/t20-/m1/s1. The van der Waals surface area contributed by atoms with Gasteiger partial charge in [-0.2, -0.15) is 0 Å². The van der Waals surface area contributed by atoms with Gasteiger partial charge < -0.3 is 5.32 Å². The van der Waals surface area contributed by atoms with Crippen LogP contribution in [0.5, 0.6) is 0 Å². The Kier molecular flexibility index (Phi) is 7.27. The summed E-state index contributed by atoms with van der Waals surface area (Å²) in [6.07, 6.45) is 2.63. The molecule has 0 aliphatic carbocycles. The van der Waals surface area contributed by atoms with Crippen LogP contribution in [0.4, 0.5) is 5.69 Å². The number of hydrogen-bond acceptors (Lipinski definition) is 5. The molecule has 0 saturated heterocycles. The van der Waals surface area contributed by atoms with Gasteiger partial charge in [0.15, 0.2) is 5.17 Å². The van der Waals surface area contributed by atoms with Gasteiger partial charge >= 0.3 is 0 Å². The number of amidine groups is 2. The molecule has 166 valence electrons. The molecule has 0 radical (unpaired) electrons. The molecular formula is C24H25ClN4O2S. The van der Waals surface area contributed by atoms with Gasteiger partial charge in [0.25, 0.3) is 5.91 Å². The third-order valence-corrected chi connectivity index (χ3v) is 6.59. The summed E-state index contributed by atoms with van der Waals surface area (Å²) in [5.74, 6) is 1.11. The van der Waals surface area contributed by atoms with E-state index in [-0.39, 0.29) is 18.2 Å². The summed E-state index contributed by atoms with van der Waals surface area (Å²) in [6.45, 7) is 2.75. The van der Waals surface area contributed by atoms with Crippen LogP contribution < -0.4 is 5.32 Å². The Morgan fingerprint density at radius 3 is 2.75 bits per heavy atom. The molecule has 8 heteroatoms. The largest absolute Gasteiger partial charge is 0.356 e. The van der Waals surface area contributed by atoms with E-state index in [1.54, 1.807) is 4.90 Å². The van der Waals surface area contributed by atoms with E-state index in [0.29, 0.717) is 34.7 Å². The average Bonchev–Trinajstić information content (AvgIpc) is 3.14. The summed E-state index contributed by atoms with van der Waals surface area (Å²) in [4.78, 5) is 36.5. The van der Waals surface area contributed by atoms with Crippen molar-refractivity contribution in [2.45, 2.75) is 44.4 Å². The summed E-state index contributed by atoms with van der Waals surface area (Å²) in [5, 5.41) is 4.20. The second-order valence-electron chi connectivity index (χ2n) is 7.71. The number of hydrogen-bond donors (Lipinski definition) is 1. The van der Waals surface area contributed by atoms with Crippen molar-refractivity contribution in [3.8, 4) is 0 Å². The summed E-state index contributed by atoms with van der Waals surface area (Å²) in [5.41, 5.74) is 2.73. The molecule has 1 N–H and O–H groups in total. The first kappa shape index (κ1) is 22.6. The maximum Gasteiger partial charge on any atom is 0.259 e. The Bertz CT molecular complexity index is 1070. The number of fused-ring (bicyclic) bond motifs is 3. The van der Waals surface area contributed by atoms with Crippen molar-refractivity contribution in [3.63, 3.8) is 0 Å². The van der Waals surface area contributed by atoms with Crippen LogP contribution in [0.2, 0.25) is 5.02 Å². The normalized spacial score (nSPS) is 16.9. The molecule has 0 bridgehead atoms. The minimum Gasteiger partial charge on any atom is -0.356 e. The zero-order chi connectivity index (χ0) is 22.5. The second-order valence-corrected chi connectivity index (χ2v) is 9.09.